The van der Waals surface area contributed by atoms with Gasteiger partial charge in [0, 0.05) is 11.6 Å². The van der Waals surface area contributed by atoms with E-state index in [1.54, 1.807) is 0 Å². The van der Waals surface area contributed by atoms with Crippen molar-refractivity contribution in [2.75, 3.05) is 0 Å². The summed E-state index contributed by atoms with van der Waals surface area (Å²) in [5.41, 5.74) is 3.87. The van der Waals surface area contributed by atoms with E-state index in [4.69, 9.17) is 0 Å². The number of aromatic nitrogens is 1. The van der Waals surface area contributed by atoms with Gasteiger partial charge in [-0.1, -0.05) is 26.0 Å². The molecule has 1 aromatic carbocycles. The molecule has 0 fully saturated rings. The minimum atomic E-state index is 1.07. The topological polar surface area (TPSA) is 12.9 Å². The van der Waals surface area contributed by atoms with Crippen molar-refractivity contribution in [3.8, 4) is 0 Å². The van der Waals surface area contributed by atoms with Crippen LogP contribution in [0.15, 0.2) is 30.5 Å². The summed E-state index contributed by atoms with van der Waals surface area (Å²) in [6, 6.07) is 8.69. The molecular formula is C13H15N. The molecule has 14 heavy (non-hydrogen) atoms. The third kappa shape index (κ3) is 1.50. The number of hydrogen-bond donors (Lipinski definition) is 0. The number of aryl methyl sites for hydroxylation is 2. The van der Waals surface area contributed by atoms with Crippen LogP contribution in [0.1, 0.15) is 25.0 Å². The van der Waals surface area contributed by atoms with Crippen LogP contribution < -0.4 is 0 Å². The smallest absolute Gasteiger partial charge is 0.0707 e. The van der Waals surface area contributed by atoms with Gasteiger partial charge in [-0.25, -0.2) is 0 Å². The molecule has 0 aliphatic heterocycles. The van der Waals surface area contributed by atoms with E-state index >= 15 is 0 Å². The molecule has 0 radical (unpaired) electrons. The second-order valence-electron chi connectivity index (χ2n) is 3.53. The fourth-order valence-electron chi connectivity index (χ4n) is 1.78. The zero-order valence-electron chi connectivity index (χ0n) is 8.75. The molecule has 0 saturated heterocycles. The van der Waals surface area contributed by atoms with Crippen molar-refractivity contribution >= 4 is 10.9 Å². The molecule has 0 saturated carbocycles. The van der Waals surface area contributed by atoms with E-state index in [2.05, 4.69) is 43.1 Å². The maximum Gasteiger partial charge on any atom is 0.0707 e. The molecule has 1 nitrogen and oxygen atoms in total. The number of pyridine rings is 1. The van der Waals surface area contributed by atoms with Gasteiger partial charge in [0.2, 0.25) is 0 Å². The third-order valence-corrected chi connectivity index (χ3v) is 2.69. The molecule has 72 valence electrons. The largest absolute Gasteiger partial charge is 0.256 e. The Labute approximate surface area is 84.8 Å². The van der Waals surface area contributed by atoms with Crippen molar-refractivity contribution in [3.63, 3.8) is 0 Å². The van der Waals surface area contributed by atoms with Crippen LogP contribution in [0.25, 0.3) is 10.9 Å². The molecule has 0 unspecified atom stereocenters. The molecule has 0 spiro atoms. The van der Waals surface area contributed by atoms with Gasteiger partial charge < -0.3 is 0 Å². The molecule has 0 amide bonds. The Bertz CT molecular complexity index is 446. The van der Waals surface area contributed by atoms with Crippen LogP contribution in [-0.4, -0.2) is 4.98 Å². The van der Waals surface area contributed by atoms with Gasteiger partial charge in [-0.3, -0.25) is 4.98 Å². The molecule has 1 heterocycles. The van der Waals surface area contributed by atoms with Crippen molar-refractivity contribution in [2.45, 2.75) is 26.7 Å². The van der Waals surface area contributed by atoms with E-state index < -0.39 is 0 Å². The monoisotopic (exact) mass is 185 g/mol. The lowest BCUT2D eigenvalue weighted by Crippen LogP contribution is -1.88. The SMILES string of the molecule is CCc1ccc2c(CC)ccnc2c1. The molecule has 0 bridgehead atoms. The summed E-state index contributed by atoms with van der Waals surface area (Å²) >= 11 is 0. The Morgan fingerprint density at radius 3 is 2.64 bits per heavy atom. The number of benzene rings is 1. The lowest BCUT2D eigenvalue weighted by Gasteiger charge is -2.04. The van der Waals surface area contributed by atoms with Crippen LogP contribution in [-0.2, 0) is 12.8 Å². The summed E-state index contributed by atoms with van der Waals surface area (Å²) < 4.78 is 0. The van der Waals surface area contributed by atoms with Crippen LogP contribution in [0.5, 0.6) is 0 Å². The van der Waals surface area contributed by atoms with E-state index in [1.807, 2.05) is 6.20 Å². The second kappa shape index (κ2) is 3.79. The van der Waals surface area contributed by atoms with E-state index in [9.17, 15) is 0 Å². The molecule has 1 aromatic heterocycles. The average molecular weight is 185 g/mol. The highest BCUT2D eigenvalue weighted by Crippen LogP contribution is 2.18. The zero-order valence-corrected chi connectivity index (χ0v) is 8.75. The quantitative estimate of drug-likeness (QED) is 0.699. The number of hydrogen-bond acceptors (Lipinski definition) is 1. The van der Waals surface area contributed by atoms with Crippen molar-refractivity contribution in [1.82, 2.24) is 4.98 Å². The summed E-state index contributed by atoms with van der Waals surface area (Å²) in [5, 5.41) is 1.30. The van der Waals surface area contributed by atoms with Crippen LogP contribution in [0.3, 0.4) is 0 Å². The second-order valence-corrected chi connectivity index (χ2v) is 3.53. The highest BCUT2D eigenvalue weighted by Gasteiger charge is 2.00. The van der Waals surface area contributed by atoms with Crippen LogP contribution >= 0.6 is 0 Å². The minimum absolute atomic E-state index is 1.07. The first-order valence-corrected chi connectivity index (χ1v) is 5.21. The van der Waals surface area contributed by atoms with Gasteiger partial charge in [-0.05, 0) is 36.1 Å². The number of rotatable bonds is 2. The van der Waals surface area contributed by atoms with E-state index in [0.717, 1.165) is 18.4 Å². The molecule has 2 rings (SSSR count). The molecular weight excluding hydrogens is 170 g/mol. The van der Waals surface area contributed by atoms with Crippen LogP contribution in [0.2, 0.25) is 0 Å². The van der Waals surface area contributed by atoms with Gasteiger partial charge in [-0.15, -0.1) is 0 Å². The Hall–Kier alpha value is -1.37. The first kappa shape index (κ1) is 9.20. The van der Waals surface area contributed by atoms with Crippen molar-refractivity contribution in [1.29, 1.82) is 0 Å². The van der Waals surface area contributed by atoms with Gasteiger partial charge in [0.05, 0.1) is 5.52 Å². The maximum absolute atomic E-state index is 4.40. The fourth-order valence-corrected chi connectivity index (χ4v) is 1.78. The molecule has 0 aliphatic rings. The first-order valence-electron chi connectivity index (χ1n) is 5.21. The summed E-state index contributed by atoms with van der Waals surface area (Å²) in [6.07, 6.45) is 4.05. The molecule has 0 N–H and O–H groups in total. The van der Waals surface area contributed by atoms with Crippen molar-refractivity contribution < 1.29 is 0 Å². The number of nitrogens with zero attached hydrogens (tertiary/aromatic N) is 1. The van der Waals surface area contributed by atoms with E-state index in [0.29, 0.717) is 0 Å². The fraction of sp³-hybridized carbons (Fsp3) is 0.308. The van der Waals surface area contributed by atoms with Crippen molar-refractivity contribution in [3.05, 3.63) is 41.6 Å². The third-order valence-electron chi connectivity index (χ3n) is 2.69. The summed E-state index contributed by atoms with van der Waals surface area (Å²) in [5.74, 6) is 0. The molecule has 1 heteroatoms. The summed E-state index contributed by atoms with van der Waals surface area (Å²) in [7, 11) is 0. The van der Waals surface area contributed by atoms with Crippen molar-refractivity contribution in [2.24, 2.45) is 0 Å². The normalized spacial score (nSPS) is 10.7. The standard InChI is InChI=1S/C13H15N/c1-3-10-5-6-12-11(4-2)7-8-14-13(12)9-10/h5-9H,3-4H2,1-2H3. The van der Waals surface area contributed by atoms with Crippen LogP contribution in [0, 0.1) is 0 Å². The first-order chi connectivity index (χ1) is 6.85. The Balaban J connectivity index is 2.67. The molecule has 0 aliphatic carbocycles. The van der Waals surface area contributed by atoms with Gasteiger partial charge in [0.25, 0.3) is 0 Å². The Kier molecular flexibility index (Phi) is 2.49. The highest BCUT2D eigenvalue weighted by molar-refractivity contribution is 5.82. The predicted molar refractivity (Wildman–Crippen MR) is 60.5 cm³/mol. The maximum atomic E-state index is 4.40. The Morgan fingerprint density at radius 1 is 1.07 bits per heavy atom. The summed E-state index contributed by atoms with van der Waals surface area (Å²) in [6.45, 7) is 4.35. The molecule has 2 aromatic rings. The highest BCUT2D eigenvalue weighted by atomic mass is 14.6. The molecule has 0 atom stereocenters. The summed E-state index contributed by atoms with van der Waals surface area (Å²) in [4.78, 5) is 4.40. The van der Waals surface area contributed by atoms with Gasteiger partial charge >= 0.3 is 0 Å². The average Bonchev–Trinajstić information content (AvgIpc) is 2.27. The lowest BCUT2D eigenvalue weighted by atomic mass is 10.0. The Morgan fingerprint density at radius 2 is 1.93 bits per heavy atom. The zero-order chi connectivity index (χ0) is 9.97. The predicted octanol–water partition coefficient (Wildman–Crippen LogP) is 3.36. The van der Waals surface area contributed by atoms with Gasteiger partial charge in [-0.2, -0.15) is 0 Å². The van der Waals surface area contributed by atoms with E-state index in [1.165, 1.54) is 16.5 Å². The van der Waals surface area contributed by atoms with Crippen LogP contribution in [0.4, 0.5) is 0 Å². The number of fused-ring (bicyclic) bond motifs is 1. The van der Waals surface area contributed by atoms with E-state index in [-0.39, 0.29) is 0 Å². The van der Waals surface area contributed by atoms with Gasteiger partial charge in [0.1, 0.15) is 0 Å². The minimum Gasteiger partial charge on any atom is -0.256 e. The lowest BCUT2D eigenvalue weighted by molar-refractivity contribution is 1.13. The van der Waals surface area contributed by atoms with Gasteiger partial charge in [0.15, 0.2) is 0 Å².